The van der Waals surface area contributed by atoms with Gasteiger partial charge in [0.15, 0.2) is 11.4 Å². The van der Waals surface area contributed by atoms with E-state index in [1.165, 1.54) is 265 Å². The molecule has 136 heavy (non-hydrogen) atoms. The predicted molar refractivity (Wildman–Crippen MR) is 566 cm³/mol. The van der Waals surface area contributed by atoms with E-state index >= 15 is 0 Å². The summed E-state index contributed by atoms with van der Waals surface area (Å²) in [6.07, 6.45) is 0. The van der Waals surface area contributed by atoms with Gasteiger partial charge in [-0.05, 0) is 205 Å². The van der Waals surface area contributed by atoms with Gasteiger partial charge in [-0.1, -0.05) is 332 Å². The van der Waals surface area contributed by atoms with Crippen molar-refractivity contribution in [2.45, 2.75) is 154 Å². The van der Waals surface area contributed by atoms with Crippen LogP contribution in [-0.2, 0) is 43.3 Å². The second kappa shape index (κ2) is 24.9. The molecule has 0 saturated heterocycles. The van der Waals surface area contributed by atoms with Crippen molar-refractivity contribution in [1.82, 2.24) is 18.3 Å². The quantitative estimate of drug-likeness (QED) is 0.112. The Morgan fingerprint density at radius 1 is 0.228 bits per heavy atom. The predicted octanol–water partition coefficient (Wildman–Crippen LogP) is 20.4. The van der Waals surface area contributed by atoms with Crippen LogP contribution in [0, 0.1) is 35.8 Å². The molecule has 32 rings (SSSR count). The van der Waals surface area contributed by atoms with Crippen molar-refractivity contribution >= 4 is 191 Å². The van der Waals surface area contributed by atoms with Gasteiger partial charge in [0.1, 0.15) is 0 Å². The number of nitriles is 2. The lowest BCUT2D eigenvalue weighted by molar-refractivity contribution is 0.620. The van der Waals surface area contributed by atoms with E-state index in [0.29, 0.717) is 0 Å². The third-order valence-corrected chi connectivity index (χ3v) is 36.2. The van der Waals surface area contributed by atoms with Crippen molar-refractivity contribution < 1.29 is 0 Å². The lowest BCUT2D eigenvalue weighted by Gasteiger charge is -2.49. The summed E-state index contributed by atoms with van der Waals surface area (Å²) >= 11 is 0. The summed E-state index contributed by atoms with van der Waals surface area (Å²) in [6, 6.07) is 104. The molecule has 12 heteroatoms. The Morgan fingerprint density at radius 3 is 0.904 bits per heavy atom. The molecule has 0 N–H and O–H groups in total. The normalized spacial score (nSPS) is 17.2. The van der Waals surface area contributed by atoms with E-state index in [4.69, 9.17) is 13.1 Å². The fraction of sp³-hybridized carbons (Fsp3) is 0.194. The Kier molecular flexibility index (Phi) is 14.4. The Labute approximate surface area is 793 Å². The zero-order chi connectivity index (χ0) is 92.6. The molecule has 0 amide bonds. The molecule has 12 aliphatic rings. The summed E-state index contributed by atoms with van der Waals surface area (Å²) in [4.78, 5) is 8.18. The molecule has 16 heterocycles. The van der Waals surface area contributed by atoms with Crippen molar-refractivity contribution in [2.24, 2.45) is 0 Å². The number of hydrogen-bond acceptors (Lipinski definition) is 2. The summed E-state index contributed by atoms with van der Waals surface area (Å²) in [5.41, 5.74) is 56.1. The third kappa shape index (κ3) is 8.71. The van der Waals surface area contributed by atoms with E-state index in [9.17, 15) is 10.5 Å². The fourth-order valence-corrected chi connectivity index (χ4v) is 30.6. The molecule has 0 saturated carbocycles. The molecule has 20 aromatic rings. The maximum Gasteiger partial charge on any atom is 0.248 e. The van der Waals surface area contributed by atoms with E-state index in [2.05, 4.69) is 418 Å². The molecule has 640 valence electrons. The van der Waals surface area contributed by atoms with Gasteiger partial charge < -0.3 is 18.3 Å². The number of benzene rings is 16. The largest absolute Gasteiger partial charge is 0.310 e. The minimum atomic E-state index is -0.250. The molecule has 0 bridgehead atoms. The van der Waals surface area contributed by atoms with Gasteiger partial charge in [0.2, 0.25) is 26.9 Å². The van der Waals surface area contributed by atoms with E-state index in [1.54, 1.807) is 0 Å². The molecule has 0 radical (unpaired) electrons. The number of rotatable bonds is 0. The Bertz CT molecular complexity index is 9280. The van der Waals surface area contributed by atoms with Crippen LogP contribution in [0.1, 0.15) is 211 Å². The smallest absolute Gasteiger partial charge is 0.248 e. The lowest BCUT2D eigenvalue weighted by Crippen LogP contribution is -2.68. The first-order chi connectivity index (χ1) is 65.5. The first-order valence-corrected chi connectivity index (χ1v) is 48.6. The van der Waals surface area contributed by atoms with Gasteiger partial charge in [-0.2, -0.15) is 10.5 Å². The molecule has 0 atom stereocenters. The standard InChI is InChI=1S/4C31H23BN2/c1-30(2)19-11-8-12-20-26(19)32-27-21(30)13-9-15-24(27)34-23-14-7-6-10-17(23)18-16-22(33-5)25(31(20,3)4)28(32)29(18)34;1-30(2)19-10-8-12-24-26(19)32-27-20(30)15-16-22(33-5)25(27)31(3,4)21-14-13-18-17-9-6-7-11-23(17)34(24)29(18)28(21)32;1-30(2)21-14-12-17(16-33)25-27(21)32-26-20(31(25,3)4)9-7-11-24(26)34-23-10-6-5-8-18(23)19-13-15-22(30)28(32)29(19)34;1-30(2)20-9-7-11-25-27(20)32-26-22(30)14-17(16-33)15-23(26)31(3,4)21-13-12-19-18-8-5-6-10-24(18)34(25)29(19)28(21)32/h2*6-16H,1-4H3;2*5-15H,1-4H3. The zero-order valence-corrected chi connectivity index (χ0v) is 79.3. The van der Waals surface area contributed by atoms with Gasteiger partial charge in [-0.15, -0.1) is 0 Å². The first-order valence-electron chi connectivity index (χ1n) is 48.6. The minimum Gasteiger partial charge on any atom is -0.310 e. The zero-order valence-electron chi connectivity index (χ0n) is 79.3. The van der Waals surface area contributed by atoms with Gasteiger partial charge in [0.25, 0.3) is 0 Å². The fourth-order valence-electron chi connectivity index (χ4n) is 30.6. The van der Waals surface area contributed by atoms with Gasteiger partial charge in [-0.25, -0.2) is 9.69 Å². The molecule has 16 aromatic carbocycles. The summed E-state index contributed by atoms with van der Waals surface area (Å²) in [5, 5.41) is 30.5. The molecule has 0 aliphatic carbocycles. The monoisotopic (exact) mass is 1740 g/mol. The highest BCUT2D eigenvalue weighted by Crippen LogP contribution is 2.55. The van der Waals surface area contributed by atoms with Crippen LogP contribution >= 0.6 is 0 Å². The van der Waals surface area contributed by atoms with Gasteiger partial charge in [-0.3, -0.25) is 0 Å². The SMILES string of the molecule is CC1(C)c2ccc(C#N)c3c2B2c4c(cccc4C3(C)C)-n3c4ccccc4c4ccc1c2c43.CC1(C)c2cccc3c2B2c4c1cc(C#N)cc4C(C)(C)c1ccc4c5ccccc5n-3c4c12.[C-]#[N+]c1cc2c3ccccc3n3c2c2c1C(C)(C)c1cccc4c1B2c1c-3cccc1C4(C)C.[C-]#[N+]c1ccc2c3c1C(C)(C)c1ccc4c5ccccc5n5c4c1B3c1c-5cccc1C2(C)C. The minimum absolute atomic E-state index is 0.0856. The molecule has 0 spiro atoms. The van der Waals surface area contributed by atoms with Crippen molar-refractivity contribution in [2.75, 3.05) is 0 Å². The van der Waals surface area contributed by atoms with Crippen molar-refractivity contribution in [1.29, 1.82) is 10.5 Å². The van der Waals surface area contributed by atoms with Crippen LogP contribution in [0.15, 0.2) is 267 Å². The molecule has 4 aromatic heterocycles. The van der Waals surface area contributed by atoms with Crippen LogP contribution in [0.25, 0.3) is 120 Å². The number of fused-ring (bicyclic) bond motifs is 16. The van der Waals surface area contributed by atoms with Crippen LogP contribution in [0.2, 0.25) is 0 Å². The third-order valence-electron chi connectivity index (χ3n) is 36.2. The van der Waals surface area contributed by atoms with Crippen LogP contribution < -0.4 is 65.6 Å². The molecular formula is C124H92B4N8. The summed E-state index contributed by atoms with van der Waals surface area (Å²) < 4.78 is 10.1. The Balaban J connectivity index is 0.0000000879. The van der Waals surface area contributed by atoms with Crippen LogP contribution in [-0.4, -0.2) is 45.1 Å². The van der Waals surface area contributed by atoms with E-state index in [-0.39, 0.29) is 70.2 Å². The highest BCUT2D eigenvalue weighted by molar-refractivity contribution is 7.02. The van der Waals surface area contributed by atoms with Crippen LogP contribution in [0.4, 0.5) is 11.4 Å². The number of para-hydroxylation sites is 4. The average Bonchev–Trinajstić information content (AvgIpc) is 1.29. The lowest BCUT2D eigenvalue weighted by atomic mass is 9.26. The molecule has 12 aliphatic heterocycles. The van der Waals surface area contributed by atoms with E-state index < -0.39 is 0 Å². The molecule has 0 fully saturated rings. The van der Waals surface area contributed by atoms with Gasteiger partial charge >= 0.3 is 0 Å². The maximum atomic E-state index is 10.2. The Hall–Kier alpha value is -15.1. The first kappa shape index (κ1) is 78.4. The summed E-state index contributed by atoms with van der Waals surface area (Å²) in [6.45, 7) is 54.4. The van der Waals surface area contributed by atoms with Crippen molar-refractivity contribution in [3.63, 3.8) is 0 Å². The second-order valence-corrected chi connectivity index (χ2v) is 45.0. The van der Waals surface area contributed by atoms with E-state index in [1.807, 2.05) is 0 Å². The van der Waals surface area contributed by atoms with Gasteiger partial charge in [0, 0.05) is 126 Å². The summed E-state index contributed by atoms with van der Waals surface area (Å²) in [5.74, 6) is 0. The second-order valence-electron chi connectivity index (χ2n) is 45.0. The average molecular weight is 1740 g/mol. The van der Waals surface area contributed by atoms with Crippen LogP contribution in [0.5, 0.6) is 0 Å². The number of aromatic nitrogens is 4. The summed E-state index contributed by atoms with van der Waals surface area (Å²) in [7, 11) is 0. The number of nitrogens with zero attached hydrogens (tertiary/aromatic N) is 8. The van der Waals surface area contributed by atoms with E-state index in [0.717, 1.165) is 22.5 Å². The van der Waals surface area contributed by atoms with Gasteiger partial charge in [0.05, 0.1) is 58.5 Å². The highest BCUT2D eigenvalue weighted by atomic mass is 15.0. The Morgan fingerprint density at radius 2 is 0.507 bits per heavy atom. The van der Waals surface area contributed by atoms with Crippen LogP contribution in [0.3, 0.4) is 0 Å². The molecule has 0 unspecified atom stereocenters. The molecule has 8 nitrogen and oxygen atoms in total. The number of hydrogen-bond donors (Lipinski definition) is 0. The highest BCUT2D eigenvalue weighted by Gasteiger charge is 2.59. The topological polar surface area (TPSA) is 76.0 Å². The van der Waals surface area contributed by atoms with Crippen molar-refractivity contribution in [3.05, 3.63) is 390 Å². The maximum absolute atomic E-state index is 10.2. The molecular weight excluding hydrogens is 1640 g/mol. The van der Waals surface area contributed by atoms with Crippen molar-refractivity contribution in [3.8, 4) is 34.9 Å².